The van der Waals surface area contributed by atoms with Gasteiger partial charge in [0.1, 0.15) is 11.5 Å². The van der Waals surface area contributed by atoms with E-state index in [0.717, 1.165) is 18.4 Å². The first-order valence-corrected chi connectivity index (χ1v) is 6.01. The highest BCUT2D eigenvalue weighted by Gasteiger charge is 2.13. The number of methoxy groups -OCH3 is 2. The fourth-order valence-electron chi connectivity index (χ4n) is 1.71. The topological polar surface area (TPSA) is 38.7 Å². The molecule has 0 saturated carbocycles. The molecule has 1 aromatic rings. The molecule has 96 valence electrons. The average Bonchev–Trinajstić information content (AvgIpc) is 2.37. The van der Waals surface area contributed by atoms with Gasteiger partial charge in [-0.05, 0) is 30.0 Å². The van der Waals surface area contributed by atoms with Crippen molar-refractivity contribution in [3.05, 3.63) is 23.8 Å². The van der Waals surface area contributed by atoms with Crippen molar-refractivity contribution in [1.82, 2.24) is 0 Å². The van der Waals surface area contributed by atoms with Crippen molar-refractivity contribution in [2.75, 3.05) is 14.2 Å². The monoisotopic (exact) mass is 238 g/mol. The van der Waals surface area contributed by atoms with Crippen LogP contribution in [-0.2, 0) is 0 Å². The molecule has 1 rings (SSSR count). The molecule has 0 aliphatic heterocycles. The second-order valence-corrected chi connectivity index (χ2v) is 4.41. The molecular formula is C14H22O3. The van der Waals surface area contributed by atoms with Crippen molar-refractivity contribution in [1.29, 1.82) is 0 Å². The van der Waals surface area contributed by atoms with E-state index in [1.165, 1.54) is 0 Å². The lowest BCUT2D eigenvalue weighted by Gasteiger charge is -2.17. The minimum absolute atomic E-state index is 0.464. The Morgan fingerprint density at radius 2 is 1.65 bits per heavy atom. The van der Waals surface area contributed by atoms with Gasteiger partial charge in [-0.1, -0.05) is 20.3 Å². The van der Waals surface area contributed by atoms with E-state index in [1.807, 2.05) is 12.1 Å². The fraction of sp³-hybridized carbons (Fsp3) is 0.571. The first-order chi connectivity index (χ1) is 8.10. The fourth-order valence-corrected chi connectivity index (χ4v) is 1.71. The van der Waals surface area contributed by atoms with E-state index in [1.54, 1.807) is 20.3 Å². The molecule has 17 heavy (non-hydrogen) atoms. The number of aliphatic hydroxyl groups excluding tert-OH is 1. The quantitative estimate of drug-likeness (QED) is 0.827. The van der Waals surface area contributed by atoms with Gasteiger partial charge in [0.15, 0.2) is 0 Å². The minimum Gasteiger partial charge on any atom is -0.497 e. The molecule has 0 aliphatic carbocycles. The summed E-state index contributed by atoms with van der Waals surface area (Å²) >= 11 is 0. The molecule has 0 heterocycles. The van der Waals surface area contributed by atoms with Crippen LogP contribution in [0.1, 0.15) is 38.4 Å². The van der Waals surface area contributed by atoms with E-state index >= 15 is 0 Å². The van der Waals surface area contributed by atoms with Gasteiger partial charge in [0, 0.05) is 6.07 Å². The molecule has 1 aromatic carbocycles. The zero-order valence-corrected chi connectivity index (χ0v) is 11.1. The lowest BCUT2D eigenvalue weighted by molar-refractivity contribution is 0.146. The lowest BCUT2D eigenvalue weighted by atomic mass is 9.96. The molecule has 0 aromatic heterocycles. The first kappa shape index (κ1) is 13.8. The predicted molar refractivity (Wildman–Crippen MR) is 68.6 cm³/mol. The molecule has 2 unspecified atom stereocenters. The second kappa shape index (κ2) is 6.50. The molecule has 0 saturated heterocycles. The van der Waals surface area contributed by atoms with E-state index < -0.39 is 6.10 Å². The van der Waals surface area contributed by atoms with Crippen LogP contribution in [0.5, 0.6) is 11.5 Å². The summed E-state index contributed by atoms with van der Waals surface area (Å²) in [6.07, 6.45) is 1.36. The maximum Gasteiger partial charge on any atom is 0.122 e. The summed E-state index contributed by atoms with van der Waals surface area (Å²) in [5.41, 5.74) is 0.849. The highest BCUT2D eigenvalue weighted by atomic mass is 16.5. The molecule has 0 fully saturated rings. The Morgan fingerprint density at radius 1 is 1.12 bits per heavy atom. The molecule has 3 nitrogen and oxygen atoms in total. The summed E-state index contributed by atoms with van der Waals surface area (Å²) in [6.45, 7) is 4.27. The number of rotatable bonds is 6. The highest BCUT2D eigenvalue weighted by Crippen LogP contribution is 2.29. The van der Waals surface area contributed by atoms with Crippen molar-refractivity contribution in [3.8, 4) is 11.5 Å². The van der Waals surface area contributed by atoms with Gasteiger partial charge < -0.3 is 14.6 Å². The molecule has 0 bridgehead atoms. The Kier molecular flexibility index (Phi) is 5.29. The zero-order valence-electron chi connectivity index (χ0n) is 11.1. The van der Waals surface area contributed by atoms with Crippen LogP contribution in [0.25, 0.3) is 0 Å². The second-order valence-electron chi connectivity index (χ2n) is 4.41. The average molecular weight is 238 g/mol. The lowest BCUT2D eigenvalue weighted by Crippen LogP contribution is -2.04. The summed E-state index contributed by atoms with van der Waals surface area (Å²) in [5.74, 6) is 1.92. The van der Waals surface area contributed by atoms with E-state index in [-0.39, 0.29) is 0 Å². The van der Waals surface area contributed by atoms with Crippen molar-refractivity contribution >= 4 is 0 Å². The van der Waals surface area contributed by atoms with Crippen LogP contribution < -0.4 is 9.47 Å². The Balaban J connectivity index is 2.88. The molecule has 0 aliphatic rings. The first-order valence-electron chi connectivity index (χ1n) is 6.01. The van der Waals surface area contributed by atoms with Gasteiger partial charge in [0.2, 0.25) is 0 Å². The molecule has 1 N–H and O–H groups in total. The van der Waals surface area contributed by atoms with Gasteiger partial charge in [-0.2, -0.15) is 0 Å². The number of ether oxygens (including phenoxy) is 2. The Labute approximate surface area is 103 Å². The summed E-state index contributed by atoms with van der Waals surface area (Å²) < 4.78 is 10.4. The predicted octanol–water partition coefficient (Wildman–Crippen LogP) is 3.17. The molecule has 3 heteroatoms. The highest BCUT2D eigenvalue weighted by molar-refractivity contribution is 5.39. The Hall–Kier alpha value is -1.22. The summed E-state index contributed by atoms with van der Waals surface area (Å²) in [6, 6.07) is 5.52. The summed E-state index contributed by atoms with van der Waals surface area (Å²) in [7, 11) is 3.22. The van der Waals surface area contributed by atoms with Gasteiger partial charge in [0.05, 0.1) is 20.3 Å². The number of hydrogen-bond donors (Lipinski definition) is 1. The third-order valence-electron chi connectivity index (χ3n) is 3.08. The standard InChI is InChI=1S/C14H22O3/c1-5-10(2)6-14(15)11-7-12(16-3)9-13(8-11)17-4/h7-10,14-15H,5-6H2,1-4H3. The largest absolute Gasteiger partial charge is 0.497 e. The van der Waals surface area contributed by atoms with E-state index in [9.17, 15) is 5.11 Å². The van der Waals surface area contributed by atoms with Gasteiger partial charge in [-0.3, -0.25) is 0 Å². The van der Waals surface area contributed by atoms with Gasteiger partial charge in [-0.25, -0.2) is 0 Å². The van der Waals surface area contributed by atoms with Crippen LogP contribution in [0, 0.1) is 5.92 Å². The van der Waals surface area contributed by atoms with Crippen molar-refractivity contribution in [3.63, 3.8) is 0 Å². The van der Waals surface area contributed by atoms with Gasteiger partial charge in [0.25, 0.3) is 0 Å². The van der Waals surface area contributed by atoms with Crippen LogP contribution in [0.3, 0.4) is 0 Å². The van der Waals surface area contributed by atoms with Crippen LogP contribution in [0.15, 0.2) is 18.2 Å². The normalized spacial score (nSPS) is 14.2. The third kappa shape index (κ3) is 3.93. The van der Waals surface area contributed by atoms with Crippen LogP contribution in [0.2, 0.25) is 0 Å². The van der Waals surface area contributed by atoms with E-state index in [0.29, 0.717) is 17.4 Å². The molecule has 2 atom stereocenters. The molecule has 0 radical (unpaired) electrons. The number of benzene rings is 1. The molecular weight excluding hydrogens is 216 g/mol. The molecule has 0 amide bonds. The van der Waals surface area contributed by atoms with Crippen molar-refractivity contribution in [2.45, 2.75) is 32.8 Å². The SMILES string of the molecule is CCC(C)CC(O)c1cc(OC)cc(OC)c1. The Bertz CT molecular complexity index is 327. The number of hydrogen-bond acceptors (Lipinski definition) is 3. The molecule has 0 spiro atoms. The maximum absolute atomic E-state index is 10.2. The van der Waals surface area contributed by atoms with Crippen molar-refractivity contribution in [2.24, 2.45) is 5.92 Å². The van der Waals surface area contributed by atoms with E-state index in [2.05, 4.69) is 13.8 Å². The number of aliphatic hydroxyl groups is 1. The van der Waals surface area contributed by atoms with Crippen molar-refractivity contribution < 1.29 is 14.6 Å². The third-order valence-corrected chi connectivity index (χ3v) is 3.08. The summed E-state index contributed by atoms with van der Waals surface area (Å²) in [5, 5.41) is 10.2. The summed E-state index contributed by atoms with van der Waals surface area (Å²) in [4.78, 5) is 0. The van der Waals surface area contributed by atoms with Crippen LogP contribution in [-0.4, -0.2) is 19.3 Å². The smallest absolute Gasteiger partial charge is 0.122 e. The minimum atomic E-state index is -0.464. The Morgan fingerprint density at radius 3 is 2.06 bits per heavy atom. The van der Waals surface area contributed by atoms with Gasteiger partial charge >= 0.3 is 0 Å². The van der Waals surface area contributed by atoms with Crippen LogP contribution >= 0.6 is 0 Å². The van der Waals surface area contributed by atoms with E-state index in [4.69, 9.17) is 9.47 Å². The maximum atomic E-state index is 10.2. The van der Waals surface area contributed by atoms with Gasteiger partial charge in [-0.15, -0.1) is 0 Å². The zero-order chi connectivity index (χ0) is 12.8. The van der Waals surface area contributed by atoms with Crippen LogP contribution in [0.4, 0.5) is 0 Å².